The lowest BCUT2D eigenvalue weighted by molar-refractivity contribution is 1.31. The molecule has 0 fully saturated rings. The van der Waals surface area contributed by atoms with Crippen LogP contribution in [0.25, 0.3) is 5.57 Å². The molecule has 2 aliphatic rings. The van der Waals surface area contributed by atoms with Crippen LogP contribution in [0.15, 0.2) is 54.1 Å². The summed E-state index contributed by atoms with van der Waals surface area (Å²) in [5.74, 6) is 0. The van der Waals surface area contributed by atoms with Crippen LogP contribution in [0, 0.1) is 0 Å². The van der Waals surface area contributed by atoms with Crippen LogP contribution in [0.1, 0.15) is 17.5 Å². The molecule has 0 bridgehead atoms. The molecule has 0 aromatic heterocycles. The average molecular weight is 224 g/mol. The largest absolute Gasteiger partial charge is 0.0846 e. The molecule has 16 heavy (non-hydrogen) atoms. The SMILES string of the molecule is S=C1C=C(C2=CCc3ccccc32)C=CC1. The van der Waals surface area contributed by atoms with Gasteiger partial charge in [0.2, 0.25) is 0 Å². The molecule has 2 aliphatic carbocycles. The van der Waals surface area contributed by atoms with Gasteiger partial charge in [-0.2, -0.15) is 0 Å². The standard InChI is InChI=1S/C15H12S/c16-13-6-3-5-12(10-13)15-9-8-11-4-1-2-7-14(11)15/h1-5,7,9-10H,6,8H2. The Morgan fingerprint density at radius 2 is 1.94 bits per heavy atom. The van der Waals surface area contributed by atoms with Gasteiger partial charge in [-0.05, 0) is 34.8 Å². The molecule has 0 spiro atoms. The summed E-state index contributed by atoms with van der Waals surface area (Å²) in [7, 11) is 0. The van der Waals surface area contributed by atoms with Crippen molar-refractivity contribution in [2.24, 2.45) is 0 Å². The number of rotatable bonds is 1. The molecule has 0 nitrogen and oxygen atoms in total. The zero-order valence-corrected chi connectivity index (χ0v) is 9.76. The van der Waals surface area contributed by atoms with Gasteiger partial charge in [-0.1, -0.05) is 54.7 Å². The van der Waals surface area contributed by atoms with Crippen LogP contribution in [0.3, 0.4) is 0 Å². The molecule has 1 aromatic carbocycles. The summed E-state index contributed by atoms with van der Waals surface area (Å²) in [6.45, 7) is 0. The highest BCUT2D eigenvalue weighted by atomic mass is 32.1. The average Bonchev–Trinajstić information content (AvgIpc) is 2.72. The Bertz CT molecular complexity index is 544. The fourth-order valence-electron chi connectivity index (χ4n) is 2.31. The summed E-state index contributed by atoms with van der Waals surface area (Å²) in [6, 6.07) is 8.60. The van der Waals surface area contributed by atoms with Crippen LogP contribution < -0.4 is 0 Å². The Kier molecular flexibility index (Phi) is 2.33. The number of hydrogen-bond donors (Lipinski definition) is 0. The Morgan fingerprint density at radius 3 is 2.81 bits per heavy atom. The van der Waals surface area contributed by atoms with Gasteiger partial charge in [0.1, 0.15) is 0 Å². The monoisotopic (exact) mass is 224 g/mol. The topological polar surface area (TPSA) is 0 Å². The Labute approximate surface area is 101 Å². The van der Waals surface area contributed by atoms with Crippen molar-refractivity contribution < 1.29 is 0 Å². The third kappa shape index (κ3) is 1.57. The third-order valence-electron chi connectivity index (χ3n) is 3.08. The van der Waals surface area contributed by atoms with E-state index in [1.807, 2.05) is 0 Å². The number of hydrogen-bond acceptors (Lipinski definition) is 1. The van der Waals surface area contributed by atoms with Gasteiger partial charge in [0.25, 0.3) is 0 Å². The van der Waals surface area contributed by atoms with Crippen molar-refractivity contribution in [3.63, 3.8) is 0 Å². The Morgan fingerprint density at radius 1 is 1.06 bits per heavy atom. The van der Waals surface area contributed by atoms with Gasteiger partial charge in [0.05, 0.1) is 0 Å². The smallest absolute Gasteiger partial charge is 0.0196 e. The second-order valence-electron chi connectivity index (χ2n) is 4.15. The number of allylic oxidation sites excluding steroid dienone is 6. The first kappa shape index (κ1) is 9.73. The van der Waals surface area contributed by atoms with E-state index in [-0.39, 0.29) is 0 Å². The van der Waals surface area contributed by atoms with E-state index >= 15 is 0 Å². The molecule has 0 saturated carbocycles. The predicted octanol–water partition coefficient (Wildman–Crippen LogP) is 3.88. The van der Waals surface area contributed by atoms with Crippen LogP contribution in [0.2, 0.25) is 0 Å². The van der Waals surface area contributed by atoms with Crippen molar-refractivity contribution >= 4 is 22.7 Å². The first-order valence-electron chi connectivity index (χ1n) is 5.54. The summed E-state index contributed by atoms with van der Waals surface area (Å²) in [4.78, 5) is 1.03. The molecule has 1 heteroatoms. The maximum atomic E-state index is 5.26. The van der Waals surface area contributed by atoms with Gasteiger partial charge < -0.3 is 0 Å². The van der Waals surface area contributed by atoms with Gasteiger partial charge in [-0.25, -0.2) is 0 Å². The molecule has 3 rings (SSSR count). The van der Waals surface area contributed by atoms with Crippen LogP contribution in [0.5, 0.6) is 0 Å². The first-order chi connectivity index (χ1) is 7.84. The minimum absolute atomic E-state index is 0.910. The van der Waals surface area contributed by atoms with E-state index in [1.54, 1.807) is 0 Å². The first-order valence-corrected chi connectivity index (χ1v) is 5.95. The van der Waals surface area contributed by atoms with Crippen LogP contribution in [-0.2, 0) is 6.42 Å². The van der Waals surface area contributed by atoms with Crippen molar-refractivity contribution in [3.05, 3.63) is 65.3 Å². The number of benzene rings is 1. The van der Waals surface area contributed by atoms with Crippen molar-refractivity contribution in [2.75, 3.05) is 0 Å². The van der Waals surface area contributed by atoms with Gasteiger partial charge in [0.15, 0.2) is 0 Å². The van der Waals surface area contributed by atoms with Gasteiger partial charge >= 0.3 is 0 Å². The number of fused-ring (bicyclic) bond motifs is 1. The molecular weight excluding hydrogens is 212 g/mol. The molecule has 0 heterocycles. The van der Waals surface area contributed by atoms with E-state index in [1.165, 1.54) is 22.3 Å². The molecular formula is C15H12S. The maximum Gasteiger partial charge on any atom is 0.0196 e. The lowest BCUT2D eigenvalue weighted by Crippen LogP contribution is -1.96. The molecule has 0 saturated heterocycles. The van der Waals surface area contributed by atoms with Crippen LogP contribution in [-0.4, -0.2) is 4.86 Å². The van der Waals surface area contributed by atoms with Gasteiger partial charge in [-0.15, -0.1) is 0 Å². The zero-order valence-electron chi connectivity index (χ0n) is 8.94. The normalized spacial score (nSPS) is 18.1. The minimum Gasteiger partial charge on any atom is -0.0846 e. The third-order valence-corrected chi connectivity index (χ3v) is 3.36. The number of thiocarbonyl (C=S) groups is 1. The Hall–Kier alpha value is -1.47. The maximum absolute atomic E-state index is 5.26. The Balaban J connectivity index is 2.05. The highest BCUT2D eigenvalue weighted by molar-refractivity contribution is 7.80. The molecule has 0 unspecified atom stereocenters. The lowest BCUT2D eigenvalue weighted by atomic mass is 9.95. The fourth-order valence-corrected chi connectivity index (χ4v) is 2.53. The summed E-state index contributed by atoms with van der Waals surface area (Å²) in [5, 5.41) is 0. The molecule has 0 N–H and O–H groups in total. The predicted molar refractivity (Wildman–Crippen MR) is 72.6 cm³/mol. The quantitative estimate of drug-likeness (QED) is 0.652. The van der Waals surface area contributed by atoms with Gasteiger partial charge in [0, 0.05) is 11.3 Å². The fraction of sp³-hybridized carbons (Fsp3) is 0.133. The molecule has 78 valence electrons. The summed E-state index contributed by atoms with van der Waals surface area (Å²) in [6.07, 6.45) is 10.7. The molecule has 1 aromatic rings. The molecule has 0 aliphatic heterocycles. The highest BCUT2D eigenvalue weighted by Gasteiger charge is 2.16. The van der Waals surface area contributed by atoms with Crippen molar-refractivity contribution in [1.82, 2.24) is 0 Å². The van der Waals surface area contributed by atoms with E-state index in [2.05, 4.69) is 48.6 Å². The summed E-state index contributed by atoms with van der Waals surface area (Å²) < 4.78 is 0. The summed E-state index contributed by atoms with van der Waals surface area (Å²) in [5.41, 5.74) is 5.39. The zero-order chi connectivity index (χ0) is 11.0. The van der Waals surface area contributed by atoms with Crippen molar-refractivity contribution in [3.8, 4) is 0 Å². The van der Waals surface area contributed by atoms with Crippen LogP contribution in [0.4, 0.5) is 0 Å². The van der Waals surface area contributed by atoms with Crippen molar-refractivity contribution in [2.45, 2.75) is 12.8 Å². The van der Waals surface area contributed by atoms with Gasteiger partial charge in [-0.3, -0.25) is 0 Å². The van der Waals surface area contributed by atoms with E-state index in [9.17, 15) is 0 Å². The van der Waals surface area contributed by atoms with E-state index in [0.29, 0.717) is 0 Å². The minimum atomic E-state index is 0.910. The molecule has 0 radical (unpaired) electrons. The van der Waals surface area contributed by atoms with Crippen LogP contribution >= 0.6 is 12.2 Å². The second kappa shape index (κ2) is 3.84. The summed E-state index contributed by atoms with van der Waals surface area (Å²) >= 11 is 5.26. The lowest BCUT2D eigenvalue weighted by Gasteiger charge is -2.10. The van der Waals surface area contributed by atoms with Crippen molar-refractivity contribution in [1.29, 1.82) is 0 Å². The highest BCUT2D eigenvalue weighted by Crippen LogP contribution is 2.34. The van der Waals surface area contributed by atoms with E-state index in [0.717, 1.165) is 17.7 Å². The van der Waals surface area contributed by atoms with E-state index < -0.39 is 0 Å². The second-order valence-corrected chi connectivity index (χ2v) is 4.68. The molecule has 0 amide bonds. The van der Waals surface area contributed by atoms with E-state index in [4.69, 9.17) is 12.2 Å². The molecule has 0 atom stereocenters.